The minimum absolute atomic E-state index is 0.368. The summed E-state index contributed by atoms with van der Waals surface area (Å²) in [7, 11) is 0. The molecule has 2 unspecified atom stereocenters. The summed E-state index contributed by atoms with van der Waals surface area (Å²) < 4.78 is 5.62. The van der Waals surface area contributed by atoms with Gasteiger partial charge in [0, 0.05) is 19.1 Å². The van der Waals surface area contributed by atoms with Crippen LogP contribution < -0.4 is 5.32 Å². The van der Waals surface area contributed by atoms with Crippen molar-refractivity contribution >= 4 is 0 Å². The first-order valence-electron chi connectivity index (χ1n) is 6.33. The maximum absolute atomic E-state index is 5.62. The molecular weight excluding hydrogens is 188 g/mol. The van der Waals surface area contributed by atoms with Crippen molar-refractivity contribution in [1.29, 1.82) is 0 Å². The van der Waals surface area contributed by atoms with Crippen molar-refractivity contribution in [3.63, 3.8) is 0 Å². The van der Waals surface area contributed by atoms with Gasteiger partial charge >= 0.3 is 0 Å². The third-order valence-electron chi connectivity index (χ3n) is 3.68. The number of nitrogens with zero attached hydrogens (tertiary/aromatic N) is 1. The van der Waals surface area contributed by atoms with E-state index in [1.165, 1.54) is 32.5 Å². The molecule has 88 valence electrons. The SMILES string of the molecule is CC(C)OCCN1CCC2CCNCC21. The first-order valence-corrected chi connectivity index (χ1v) is 6.33. The molecule has 2 rings (SSSR count). The van der Waals surface area contributed by atoms with Crippen LogP contribution in [-0.4, -0.2) is 49.8 Å². The summed E-state index contributed by atoms with van der Waals surface area (Å²) in [5.41, 5.74) is 0. The highest BCUT2D eigenvalue weighted by atomic mass is 16.5. The average molecular weight is 212 g/mol. The lowest BCUT2D eigenvalue weighted by atomic mass is 9.93. The van der Waals surface area contributed by atoms with Gasteiger partial charge in [-0.3, -0.25) is 4.90 Å². The molecule has 2 heterocycles. The fourth-order valence-electron chi connectivity index (χ4n) is 2.84. The topological polar surface area (TPSA) is 24.5 Å². The van der Waals surface area contributed by atoms with E-state index in [0.717, 1.165) is 25.1 Å². The molecule has 0 aromatic rings. The molecule has 2 aliphatic heterocycles. The highest BCUT2D eigenvalue weighted by Gasteiger charge is 2.35. The van der Waals surface area contributed by atoms with E-state index >= 15 is 0 Å². The Kier molecular flexibility index (Phi) is 4.00. The normalized spacial score (nSPS) is 32.2. The number of piperidine rings is 1. The highest BCUT2D eigenvalue weighted by Crippen LogP contribution is 2.28. The molecule has 2 saturated heterocycles. The number of fused-ring (bicyclic) bond motifs is 1. The molecule has 2 fully saturated rings. The molecule has 3 nitrogen and oxygen atoms in total. The van der Waals surface area contributed by atoms with E-state index in [1.807, 2.05) is 0 Å². The van der Waals surface area contributed by atoms with E-state index in [-0.39, 0.29) is 0 Å². The van der Waals surface area contributed by atoms with Crippen LogP contribution in [0, 0.1) is 5.92 Å². The summed E-state index contributed by atoms with van der Waals surface area (Å²) in [5.74, 6) is 0.949. The Labute approximate surface area is 93.2 Å². The van der Waals surface area contributed by atoms with Crippen LogP contribution in [0.25, 0.3) is 0 Å². The smallest absolute Gasteiger partial charge is 0.0597 e. The molecule has 0 radical (unpaired) electrons. The Balaban J connectivity index is 1.73. The molecule has 0 saturated carbocycles. The summed E-state index contributed by atoms with van der Waals surface area (Å²) in [6.45, 7) is 9.90. The molecule has 1 N–H and O–H groups in total. The van der Waals surface area contributed by atoms with Gasteiger partial charge in [-0.2, -0.15) is 0 Å². The lowest BCUT2D eigenvalue weighted by Gasteiger charge is -2.32. The van der Waals surface area contributed by atoms with Gasteiger partial charge in [-0.25, -0.2) is 0 Å². The van der Waals surface area contributed by atoms with Gasteiger partial charge in [0.15, 0.2) is 0 Å². The molecule has 0 aromatic heterocycles. The molecule has 0 bridgehead atoms. The Morgan fingerprint density at radius 1 is 1.40 bits per heavy atom. The summed E-state index contributed by atoms with van der Waals surface area (Å²) in [6.07, 6.45) is 3.13. The minimum atomic E-state index is 0.368. The maximum atomic E-state index is 5.62. The first kappa shape index (κ1) is 11.4. The first-order chi connectivity index (χ1) is 7.27. The number of hydrogen-bond acceptors (Lipinski definition) is 3. The van der Waals surface area contributed by atoms with Crippen LogP contribution in [0.15, 0.2) is 0 Å². The lowest BCUT2D eigenvalue weighted by Crippen LogP contribution is -2.46. The van der Waals surface area contributed by atoms with Gasteiger partial charge in [-0.1, -0.05) is 0 Å². The number of likely N-dealkylation sites (tertiary alicyclic amines) is 1. The van der Waals surface area contributed by atoms with E-state index in [1.54, 1.807) is 0 Å². The van der Waals surface area contributed by atoms with Gasteiger partial charge in [-0.05, 0) is 45.7 Å². The molecule has 3 heteroatoms. The zero-order valence-electron chi connectivity index (χ0n) is 10.0. The van der Waals surface area contributed by atoms with Crippen molar-refractivity contribution in [2.75, 3.05) is 32.8 Å². The third kappa shape index (κ3) is 2.92. The van der Waals surface area contributed by atoms with Crippen LogP contribution in [0.1, 0.15) is 26.7 Å². The lowest BCUT2D eigenvalue weighted by molar-refractivity contribution is 0.0524. The standard InChI is InChI=1S/C12H24N2O/c1-10(2)15-8-7-14-6-4-11-3-5-13-9-12(11)14/h10-13H,3-9H2,1-2H3. The largest absolute Gasteiger partial charge is 0.377 e. The van der Waals surface area contributed by atoms with Crippen LogP contribution in [0.5, 0.6) is 0 Å². The maximum Gasteiger partial charge on any atom is 0.0597 e. The molecule has 0 amide bonds. The highest BCUT2D eigenvalue weighted by molar-refractivity contribution is 4.91. The Bertz CT molecular complexity index is 196. The van der Waals surface area contributed by atoms with E-state index in [0.29, 0.717) is 6.10 Å². The molecule has 0 spiro atoms. The van der Waals surface area contributed by atoms with Crippen molar-refractivity contribution in [3.05, 3.63) is 0 Å². The molecule has 15 heavy (non-hydrogen) atoms. The number of nitrogens with one attached hydrogen (secondary N) is 1. The van der Waals surface area contributed by atoms with Crippen molar-refractivity contribution in [2.45, 2.75) is 38.8 Å². The second-order valence-electron chi connectivity index (χ2n) is 5.06. The quantitative estimate of drug-likeness (QED) is 0.755. The van der Waals surface area contributed by atoms with Gasteiger partial charge < -0.3 is 10.1 Å². The van der Waals surface area contributed by atoms with Crippen molar-refractivity contribution in [2.24, 2.45) is 5.92 Å². The fourth-order valence-corrected chi connectivity index (χ4v) is 2.84. The second kappa shape index (κ2) is 5.28. The van der Waals surface area contributed by atoms with Gasteiger partial charge in [0.1, 0.15) is 0 Å². The Morgan fingerprint density at radius 2 is 2.27 bits per heavy atom. The summed E-state index contributed by atoms with van der Waals surface area (Å²) >= 11 is 0. The Morgan fingerprint density at radius 3 is 3.07 bits per heavy atom. The van der Waals surface area contributed by atoms with Crippen LogP contribution in [-0.2, 0) is 4.74 Å². The van der Waals surface area contributed by atoms with Crippen molar-refractivity contribution < 1.29 is 4.74 Å². The fraction of sp³-hybridized carbons (Fsp3) is 1.00. The average Bonchev–Trinajstić information content (AvgIpc) is 2.62. The van der Waals surface area contributed by atoms with Crippen LogP contribution in [0.2, 0.25) is 0 Å². The zero-order valence-corrected chi connectivity index (χ0v) is 10.0. The van der Waals surface area contributed by atoms with Gasteiger partial charge in [0.2, 0.25) is 0 Å². The van der Waals surface area contributed by atoms with Crippen LogP contribution >= 0.6 is 0 Å². The predicted octanol–water partition coefficient (Wildman–Crippen LogP) is 1.10. The number of ether oxygens (including phenoxy) is 1. The zero-order chi connectivity index (χ0) is 10.7. The molecular formula is C12H24N2O. The molecule has 0 aromatic carbocycles. The van der Waals surface area contributed by atoms with Gasteiger partial charge in [-0.15, -0.1) is 0 Å². The molecule has 2 atom stereocenters. The monoisotopic (exact) mass is 212 g/mol. The number of hydrogen-bond donors (Lipinski definition) is 1. The van der Waals surface area contributed by atoms with E-state index in [2.05, 4.69) is 24.1 Å². The van der Waals surface area contributed by atoms with E-state index < -0.39 is 0 Å². The molecule has 0 aliphatic carbocycles. The third-order valence-corrected chi connectivity index (χ3v) is 3.68. The predicted molar refractivity (Wildman–Crippen MR) is 62.0 cm³/mol. The number of rotatable bonds is 4. The van der Waals surface area contributed by atoms with Gasteiger partial charge in [0.05, 0.1) is 12.7 Å². The van der Waals surface area contributed by atoms with Crippen molar-refractivity contribution in [3.8, 4) is 0 Å². The summed E-state index contributed by atoms with van der Waals surface area (Å²) in [6, 6.07) is 0.787. The molecule has 2 aliphatic rings. The minimum Gasteiger partial charge on any atom is -0.377 e. The van der Waals surface area contributed by atoms with Gasteiger partial charge in [0.25, 0.3) is 0 Å². The summed E-state index contributed by atoms with van der Waals surface area (Å²) in [4.78, 5) is 2.61. The Hall–Kier alpha value is -0.120. The van der Waals surface area contributed by atoms with E-state index in [9.17, 15) is 0 Å². The van der Waals surface area contributed by atoms with E-state index in [4.69, 9.17) is 4.74 Å². The van der Waals surface area contributed by atoms with Crippen molar-refractivity contribution in [1.82, 2.24) is 10.2 Å². The van der Waals surface area contributed by atoms with Crippen LogP contribution in [0.4, 0.5) is 0 Å². The summed E-state index contributed by atoms with van der Waals surface area (Å²) in [5, 5.41) is 3.50. The second-order valence-corrected chi connectivity index (χ2v) is 5.06. The van der Waals surface area contributed by atoms with Crippen LogP contribution in [0.3, 0.4) is 0 Å².